The molecule has 10 heteroatoms. The van der Waals surface area contributed by atoms with Gasteiger partial charge >= 0.3 is 0 Å². The van der Waals surface area contributed by atoms with Crippen LogP contribution < -0.4 is 14.9 Å². The molecule has 5 rings (SSSR count). The first-order valence-corrected chi connectivity index (χ1v) is 13.2. The number of carbonyl (C=O) groups is 1. The van der Waals surface area contributed by atoms with E-state index in [2.05, 4.69) is 26.5 Å². The van der Waals surface area contributed by atoms with Crippen molar-refractivity contribution in [1.82, 2.24) is 10.4 Å². The van der Waals surface area contributed by atoms with Crippen LogP contribution in [0, 0.1) is 10.1 Å². The number of non-ortho nitro benzene ring substituents is 1. The molecule has 1 amide bonds. The highest BCUT2D eigenvalue weighted by atomic mass is 79.9. The number of nitrogens with zero attached hydrogens (tertiary/aromatic N) is 3. The van der Waals surface area contributed by atoms with E-state index < -0.39 is 4.92 Å². The summed E-state index contributed by atoms with van der Waals surface area (Å²) in [5, 5.41) is 15.9. The lowest BCUT2D eigenvalue weighted by molar-refractivity contribution is -0.384. The van der Waals surface area contributed by atoms with E-state index in [-0.39, 0.29) is 18.2 Å². The Bertz CT molecular complexity index is 1780. The quantitative estimate of drug-likeness (QED) is 0.110. The molecule has 0 unspecified atom stereocenters. The predicted octanol–water partition coefficient (Wildman–Crippen LogP) is 6.92. The van der Waals surface area contributed by atoms with E-state index in [4.69, 9.17) is 14.5 Å². The first-order valence-electron chi connectivity index (χ1n) is 12.4. The molecule has 0 aliphatic rings. The van der Waals surface area contributed by atoms with Gasteiger partial charge in [0.15, 0.2) is 11.5 Å². The highest BCUT2D eigenvalue weighted by Crippen LogP contribution is 2.34. The predicted molar refractivity (Wildman–Crippen MR) is 160 cm³/mol. The van der Waals surface area contributed by atoms with E-state index in [1.807, 2.05) is 54.6 Å². The summed E-state index contributed by atoms with van der Waals surface area (Å²) in [5.74, 6) is 0.486. The molecule has 0 saturated heterocycles. The molecule has 0 aliphatic carbocycles. The molecule has 9 nitrogen and oxygen atoms in total. The summed E-state index contributed by atoms with van der Waals surface area (Å²) in [6.45, 7) is 0.110. The van der Waals surface area contributed by atoms with Crippen molar-refractivity contribution in [2.24, 2.45) is 5.10 Å². The highest BCUT2D eigenvalue weighted by Gasteiger charge is 2.15. The van der Waals surface area contributed by atoms with Crippen LogP contribution in [0.2, 0.25) is 0 Å². The van der Waals surface area contributed by atoms with Gasteiger partial charge in [0.05, 0.1) is 35.0 Å². The van der Waals surface area contributed by atoms with Crippen LogP contribution in [0.5, 0.6) is 11.5 Å². The molecule has 1 aromatic heterocycles. The lowest BCUT2D eigenvalue weighted by Gasteiger charge is -2.13. The molecular formula is C31H23BrN4O5. The minimum Gasteiger partial charge on any atom is -0.493 e. The first-order chi connectivity index (χ1) is 19.9. The number of nitrogens with one attached hydrogen (secondary N) is 1. The summed E-state index contributed by atoms with van der Waals surface area (Å²) in [7, 11) is 1.50. The molecule has 0 saturated carbocycles. The molecule has 0 aliphatic heterocycles. The third kappa shape index (κ3) is 6.39. The largest absolute Gasteiger partial charge is 0.493 e. The number of pyridine rings is 1. The number of benzene rings is 4. The van der Waals surface area contributed by atoms with Crippen LogP contribution in [0.1, 0.15) is 21.5 Å². The second kappa shape index (κ2) is 12.4. The molecule has 1 heterocycles. The normalized spacial score (nSPS) is 11.0. The van der Waals surface area contributed by atoms with E-state index in [0.29, 0.717) is 49.3 Å². The summed E-state index contributed by atoms with van der Waals surface area (Å²) in [6, 6.07) is 28.5. The molecule has 5 aromatic rings. The van der Waals surface area contributed by atoms with Crippen molar-refractivity contribution in [2.45, 2.75) is 6.61 Å². The minimum absolute atomic E-state index is 0.0103. The van der Waals surface area contributed by atoms with Crippen molar-refractivity contribution in [3.8, 4) is 22.8 Å². The molecule has 1 N–H and O–H groups in total. The van der Waals surface area contributed by atoms with Crippen molar-refractivity contribution in [1.29, 1.82) is 0 Å². The second-order valence-corrected chi connectivity index (χ2v) is 9.73. The third-order valence-electron chi connectivity index (χ3n) is 6.20. The zero-order chi connectivity index (χ0) is 28.8. The molecule has 41 heavy (non-hydrogen) atoms. The summed E-state index contributed by atoms with van der Waals surface area (Å²) < 4.78 is 12.0. The Morgan fingerprint density at radius 3 is 2.56 bits per heavy atom. The number of nitro benzene ring substituents is 1. The number of para-hydroxylation sites is 1. The number of carbonyl (C=O) groups excluding carboxylic acids is 1. The maximum atomic E-state index is 13.2. The Balaban J connectivity index is 1.34. The van der Waals surface area contributed by atoms with Gasteiger partial charge < -0.3 is 9.47 Å². The molecule has 0 atom stereocenters. The number of amides is 1. The van der Waals surface area contributed by atoms with Gasteiger partial charge in [-0.15, -0.1) is 0 Å². The lowest BCUT2D eigenvalue weighted by atomic mass is 10.0. The van der Waals surface area contributed by atoms with Crippen molar-refractivity contribution >= 4 is 44.6 Å². The Morgan fingerprint density at radius 2 is 1.78 bits per heavy atom. The van der Waals surface area contributed by atoms with Crippen molar-refractivity contribution < 1.29 is 19.2 Å². The lowest BCUT2D eigenvalue weighted by Crippen LogP contribution is -2.18. The van der Waals surface area contributed by atoms with E-state index in [1.54, 1.807) is 30.3 Å². The molecule has 4 aromatic carbocycles. The van der Waals surface area contributed by atoms with Crippen LogP contribution in [0.15, 0.2) is 107 Å². The number of hydrogen-bond donors (Lipinski definition) is 1. The highest BCUT2D eigenvalue weighted by molar-refractivity contribution is 9.10. The van der Waals surface area contributed by atoms with Crippen LogP contribution in [-0.4, -0.2) is 29.1 Å². The number of nitro groups is 1. The number of ether oxygens (including phenoxy) is 2. The van der Waals surface area contributed by atoms with E-state index in [0.717, 1.165) is 5.56 Å². The molecule has 0 bridgehead atoms. The van der Waals surface area contributed by atoms with Crippen LogP contribution in [0.25, 0.3) is 22.2 Å². The third-order valence-corrected chi connectivity index (χ3v) is 6.89. The molecule has 0 fully saturated rings. The van der Waals surface area contributed by atoms with Gasteiger partial charge in [0.2, 0.25) is 0 Å². The first kappa shape index (κ1) is 27.5. The fraction of sp³-hybridized carbons (Fsp3) is 0.0645. The van der Waals surface area contributed by atoms with Gasteiger partial charge in [-0.1, -0.05) is 60.7 Å². The summed E-state index contributed by atoms with van der Waals surface area (Å²) in [5.41, 5.74) is 6.63. The number of hydrogen-bond acceptors (Lipinski definition) is 7. The Labute approximate surface area is 243 Å². The zero-order valence-electron chi connectivity index (χ0n) is 21.8. The zero-order valence-corrected chi connectivity index (χ0v) is 23.4. The fourth-order valence-electron chi connectivity index (χ4n) is 4.18. The SMILES string of the molecule is COc1cc(/C=N/NC(=O)c2cc(-c3ccccc3)nc3ccccc23)c(Br)cc1OCc1cccc([N+](=O)[O-])c1. The number of hydrazone groups is 1. The number of halogens is 1. The summed E-state index contributed by atoms with van der Waals surface area (Å²) in [6.07, 6.45) is 1.50. The topological polar surface area (TPSA) is 116 Å². The molecular weight excluding hydrogens is 588 g/mol. The van der Waals surface area contributed by atoms with Crippen LogP contribution in [-0.2, 0) is 6.61 Å². The number of aromatic nitrogens is 1. The number of methoxy groups -OCH3 is 1. The Hall–Kier alpha value is -5.09. The number of fused-ring (bicyclic) bond motifs is 1. The average Bonchev–Trinajstić information content (AvgIpc) is 3.00. The van der Waals surface area contributed by atoms with Crippen LogP contribution in [0.3, 0.4) is 0 Å². The van der Waals surface area contributed by atoms with Gasteiger partial charge in [-0.25, -0.2) is 10.4 Å². The van der Waals surface area contributed by atoms with E-state index in [1.165, 1.54) is 25.5 Å². The van der Waals surface area contributed by atoms with Gasteiger partial charge in [-0.3, -0.25) is 14.9 Å². The van der Waals surface area contributed by atoms with E-state index >= 15 is 0 Å². The summed E-state index contributed by atoms with van der Waals surface area (Å²) in [4.78, 5) is 28.5. The minimum atomic E-state index is -0.451. The molecule has 0 radical (unpaired) electrons. The summed E-state index contributed by atoms with van der Waals surface area (Å²) >= 11 is 3.51. The van der Waals surface area contributed by atoms with E-state index in [9.17, 15) is 14.9 Å². The molecule has 204 valence electrons. The maximum absolute atomic E-state index is 13.2. The van der Waals surface area contributed by atoms with Gasteiger partial charge in [0.1, 0.15) is 6.61 Å². The second-order valence-electron chi connectivity index (χ2n) is 8.88. The van der Waals surface area contributed by atoms with Gasteiger partial charge in [-0.05, 0) is 45.8 Å². The van der Waals surface area contributed by atoms with Gasteiger partial charge in [-0.2, -0.15) is 5.10 Å². The van der Waals surface area contributed by atoms with Crippen molar-refractivity contribution in [3.05, 3.63) is 128 Å². The smallest absolute Gasteiger partial charge is 0.272 e. The Kier molecular flexibility index (Phi) is 8.31. The average molecular weight is 611 g/mol. The van der Waals surface area contributed by atoms with Gasteiger partial charge in [0, 0.05) is 33.1 Å². The standard InChI is InChI=1S/C31H23BrN4O5/c1-40-29-15-22(26(32)17-30(29)41-19-20-8-7-11-23(14-20)36(38)39)18-33-35-31(37)25-16-28(21-9-3-2-4-10-21)34-27-13-6-5-12-24(25)27/h2-18H,19H2,1H3,(H,35,37)/b33-18+. The van der Waals surface area contributed by atoms with Gasteiger partial charge in [0.25, 0.3) is 11.6 Å². The van der Waals surface area contributed by atoms with Crippen molar-refractivity contribution in [3.63, 3.8) is 0 Å². The monoisotopic (exact) mass is 610 g/mol. The van der Waals surface area contributed by atoms with Crippen LogP contribution in [0.4, 0.5) is 5.69 Å². The maximum Gasteiger partial charge on any atom is 0.272 e. The molecule has 0 spiro atoms. The fourth-order valence-corrected chi connectivity index (χ4v) is 4.61. The number of rotatable bonds is 9. The van der Waals surface area contributed by atoms with Crippen LogP contribution >= 0.6 is 15.9 Å². The van der Waals surface area contributed by atoms with Crippen molar-refractivity contribution in [2.75, 3.05) is 7.11 Å². The Morgan fingerprint density at radius 1 is 1.00 bits per heavy atom.